The SMILES string of the molecule is CCCCCCCCCCCCCCOc1c(NC(=O)Nc2ccccc2C[n+]2csc(C)c2)cccc1C(C)=O.[Br-]. The number of hydrogen-bond donors (Lipinski definition) is 2. The van der Waals surface area contributed by atoms with E-state index in [1.165, 1.54) is 76.0 Å². The molecule has 2 N–H and O–H groups in total. The number of unbranched alkanes of at least 4 members (excludes halogenated alkanes) is 11. The Labute approximate surface area is 267 Å². The molecule has 6 nitrogen and oxygen atoms in total. The van der Waals surface area contributed by atoms with E-state index in [9.17, 15) is 9.59 Å². The van der Waals surface area contributed by atoms with Gasteiger partial charge >= 0.3 is 6.03 Å². The standard InChI is InChI=1S/C34H47N3O3S.BrH/c1-4-5-6-7-8-9-10-11-12-13-14-17-23-40-33-30(28(3)38)20-18-22-32(33)36-34(39)35-31-21-16-15-19-29(31)25-37-24-27(2)41-26-37;/h15-16,18-22,24,26H,4-14,17,23,25H2,1-3H3,(H-,35,36,39);1H. The highest BCUT2D eigenvalue weighted by Crippen LogP contribution is 2.30. The first kappa shape index (κ1) is 35.5. The molecule has 0 radical (unpaired) electrons. The van der Waals surface area contributed by atoms with Gasteiger partial charge in [-0.25, -0.2) is 4.79 Å². The van der Waals surface area contributed by atoms with Gasteiger partial charge in [0.15, 0.2) is 24.3 Å². The quantitative estimate of drug-likeness (QED) is 0.0900. The third kappa shape index (κ3) is 12.7. The number of benzene rings is 2. The Kier molecular flexibility index (Phi) is 17.1. The number of thiazole rings is 1. The van der Waals surface area contributed by atoms with E-state index >= 15 is 0 Å². The number of amides is 2. The second kappa shape index (κ2) is 20.2. The van der Waals surface area contributed by atoms with Crippen LogP contribution in [0.3, 0.4) is 0 Å². The lowest BCUT2D eigenvalue weighted by atomic mass is 10.1. The summed E-state index contributed by atoms with van der Waals surface area (Å²) in [7, 11) is 0. The molecule has 3 aromatic rings. The van der Waals surface area contributed by atoms with Crippen LogP contribution in [0.25, 0.3) is 0 Å². The number of carbonyl (C=O) groups excluding carboxylic acids is 2. The van der Waals surface area contributed by atoms with Crippen molar-refractivity contribution in [2.75, 3.05) is 17.2 Å². The van der Waals surface area contributed by atoms with Gasteiger partial charge in [0.1, 0.15) is 0 Å². The van der Waals surface area contributed by atoms with Crippen molar-refractivity contribution in [3.05, 3.63) is 70.2 Å². The van der Waals surface area contributed by atoms with Crippen molar-refractivity contribution in [3.8, 4) is 5.75 Å². The fourth-order valence-corrected chi connectivity index (χ4v) is 5.60. The summed E-state index contributed by atoms with van der Waals surface area (Å²) in [5.41, 5.74) is 4.79. The molecule has 0 aliphatic carbocycles. The number of nitrogens with zero attached hydrogens (tertiary/aromatic N) is 1. The normalized spacial score (nSPS) is 10.6. The number of nitrogens with one attached hydrogen (secondary N) is 2. The minimum Gasteiger partial charge on any atom is -1.00 e. The van der Waals surface area contributed by atoms with Gasteiger partial charge in [0, 0.05) is 5.56 Å². The van der Waals surface area contributed by atoms with Crippen molar-refractivity contribution < 1.29 is 35.9 Å². The number of aryl methyl sites for hydroxylation is 1. The molecule has 0 spiro atoms. The summed E-state index contributed by atoms with van der Waals surface area (Å²) in [5.74, 6) is 0.350. The van der Waals surface area contributed by atoms with Crippen LogP contribution in [0.15, 0.2) is 54.2 Å². The number of urea groups is 1. The number of ether oxygens (including phenoxy) is 1. The third-order valence-corrected chi connectivity index (χ3v) is 8.08. The van der Waals surface area contributed by atoms with Crippen molar-refractivity contribution >= 4 is 34.5 Å². The molecule has 8 heteroatoms. The summed E-state index contributed by atoms with van der Waals surface area (Å²) in [4.78, 5) is 26.6. The molecule has 0 bridgehead atoms. The van der Waals surface area contributed by atoms with Crippen LogP contribution in [0.5, 0.6) is 5.75 Å². The zero-order valence-corrected chi connectivity index (χ0v) is 28.0. The number of anilines is 2. The van der Waals surface area contributed by atoms with Gasteiger partial charge < -0.3 is 32.4 Å². The van der Waals surface area contributed by atoms with Crippen molar-refractivity contribution in [1.29, 1.82) is 0 Å². The molecule has 0 aliphatic heterocycles. The largest absolute Gasteiger partial charge is 1.00 e. The van der Waals surface area contributed by atoms with Gasteiger partial charge in [-0.3, -0.25) is 4.79 Å². The maximum Gasteiger partial charge on any atom is 0.323 e. The molecule has 0 aliphatic rings. The number of para-hydroxylation sites is 2. The van der Waals surface area contributed by atoms with E-state index in [1.54, 1.807) is 29.5 Å². The number of rotatable bonds is 19. The Bertz CT molecular complexity index is 1230. The number of halogens is 1. The summed E-state index contributed by atoms with van der Waals surface area (Å²) in [6.07, 6.45) is 17.4. The number of carbonyl (C=O) groups is 2. The molecule has 2 amide bonds. The monoisotopic (exact) mass is 657 g/mol. The second-order valence-electron chi connectivity index (χ2n) is 10.8. The smallest absolute Gasteiger partial charge is 0.323 e. The van der Waals surface area contributed by atoms with Crippen LogP contribution in [0, 0.1) is 6.92 Å². The number of ketones is 1. The van der Waals surface area contributed by atoms with E-state index in [4.69, 9.17) is 4.74 Å². The number of hydrogen-bond acceptors (Lipinski definition) is 4. The average molecular weight is 659 g/mol. The summed E-state index contributed by atoms with van der Waals surface area (Å²) < 4.78 is 8.22. The molecular weight excluding hydrogens is 610 g/mol. The molecule has 0 unspecified atom stereocenters. The minimum absolute atomic E-state index is 0. The minimum atomic E-state index is -0.375. The van der Waals surface area contributed by atoms with Crippen LogP contribution in [0.2, 0.25) is 0 Å². The molecule has 230 valence electrons. The Morgan fingerprint density at radius 3 is 2.02 bits per heavy atom. The molecule has 0 fully saturated rings. The van der Waals surface area contributed by atoms with Crippen molar-refractivity contribution in [2.45, 2.75) is 104 Å². The van der Waals surface area contributed by atoms with Gasteiger partial charge in [0.05, 0.1) is 28.4 Å². The van der Waals surface area contributed by atoms with E-state index in [1.807, 2.05) is 24.3 Å². The van der Waals surface area contributed by atoms with Gasteiger partial charge in [-0.1, -0.05) is 113 Å². The molecule has 3 rings (SSSR count). The number of Topliss-reactive ketones (excluding diaryl/α,β-unsaturated/α-hetero) is 1. The Morgan fingerprint density at radius 2 is 1.40 bits per heavy atom. The molecule has 42 heavy (non-hydrogen) atoms. The van der Waals surface area contributed by atoms with Crippen LogP contribution in [0.1, 0.15) is 112 Å². The van der Waals surface area contributed by atoms with Crippen LogP contribution in [0.4, 0.5) is 16.2 Å². The molecule has 1 heterocycles. The molecule has 2 aromatic carbocycles. The summed E-state index contributed by atoms with van der Waals surface area (Å²) in [6, 6.07) is 12.7. The first-order valence-electron chi connectivity index (χ1n) is 15.3. The fraction of sp³-hybridized carbons (Fsp3) is 0.500. The molecular formula is C34H48BrN3O3S. The first-order chi connectivity index (χ1) is 20.0. The summed E-state index contributed by atoms with van der Waals surface area (Å²) in [5, 5.41) is 5.89. The summed E-state index contributed by atoms with van der Waals surface area (Å²) in [6.45, 7) is 7.03. The topological polar surface area (TPSA) is 71.3 Å². The average Bonchev–Trinajstić information content (AvgIpc) is 3.37. The molecule has 1 aromatic heterocycles. The van der Waals surface area contributed by atoms with Gasteiger partial charge in [0.25, 0.3) is 0 Å². The highest BCUT2D eigenvalue weighted by Gasteiger charge is 2.17. The predicted octanol–water partition coefficient (Wildman–Crippen LogP) is 6.32. The second-order valence-corrected chi connectivity index (χ2v) is 11.9. The highest BCUT2D eigenvalue weighted by molar-refractivity contribution is 7.09. The zero-order chi connectivity index (χ0) is 29.3. The lowest BCUT2D eigenvalue weighted by molar-refractivity contribution is -0.683. The van der Waals surface area contributed by atoms with E-state index in [0.29, 0.717) is 30.2 Å². The lowest BCUT2D eigenvalue weighted by Crippen LogP contribution is -3.00. The third-order valence-electron chi connectivity index (χ3n) is 7.23. The maximum absolute atomic E-state index is 13.0. The van der Waals surface area contributed by atoms with E-state index in [-0.39, 0.29) is 28.8 Å². The zero-order valence-electron chi connectivity index (χ0n) is 25.6. The van der Waals surface area contributed by atoms with Crippen molar-refractivity contribution in [3.63, 3.8) is 0 Å². The van der Waals surface area contributed by atoms with Crippen LogP contribution in [-0.2, 0) is 6.54 Å². The van der Waals surface area contributed by atoms with Crippen LogP contribution < -0.4 is 36.9 Å². The first-order valence-corrected chi connectivity index (χ1v) is 16.2. The maximum atomic E-state index is 13.0. The number of aromatic nitrogens is 1. The van der Waals surface area contributed by atoms with Crippen molar-refractivity contribution in [2.24, 2.45) is 0 Å². The van der Waals surface area contributed by atoms with E-state index in [2.05, 4.69) is 40.8 Å². The van der Waals surface area contributed by atoms with Crippen molar-refractivity contribution in [1.82, 2.24) is 0 Å². The molecule has 0 atom stereocenters. The lowest BCUT2D eigenvalue weighted by Gasteiger charge is -2.16. The van der Waals surface area contributed by atoms with Gasteiger partial charge in [-0.05, 0) is 38.5 Å². The van der Waals surface area contributed by atoms with Crippen LogP contribution in [-0.4, -0.2) is 18.4 Å². The summed E-state index contributed by atoms with van der Waals surface area (Å²) >= 11 is 1.69. The highest BCUT2D eigenvalue weighted by atomic mass is 79.9. The van der Waals surface area contributed by atoms with Gasteiger partial charge in [-0.2, -0.15) is 4.57 Å². The Balaban J connectivity index is 0.00000616. The molecule has 0 saturated heterocycles. The van der Waals surface area contributed by atoms with Crippen LogP contribution >= 0.6 is 11.3 Å². The van der Waals surface area contributed by atoms with E-state index in [0.717, 1.165) is 24.1 Å². The van der Waals surface area contributed by atoms with Gasteiger partial charge in [-0.15, -0.1) is 0 Å². The Morgan fingerprint density at radius 1 is 0.810 bits per heavy atom. The van der Waals surface area contributed by atoms with Gasteiger partial charge in [0.2, 0.25) is 5.51 Å². The predicted molar refractivity (Wildman–Crippen MR) is 170 cm³/mol. The fourth-order valence-electron chi connectivity index (χ4n) is 4.97. The van der Waals surface area contributed by atoms with E-state index < -0.39 is 0 Å². The molecule has 0 saturated carbocycles. The Hall–Kier alpha value is -2.71.